The summed E-state index contributed by atoms with van der Waals surface area (Å²) >= 11 is 0. The molecule has 6 nitrogen and oxygen atoms in total. The Morgan fingerprint density at radius 3 is 2.33 bits per heavy atom. The minimum Gasteiger partial charge on any atom is -0.465 e. The summed E-state index contributed by atoms with van der Waals surface area (Å²) in [6.07, 6.45) is -3.97. The number of benzene rings is 3. The Hall–Kier alpha value is -4.24. The molecule has 0 fully saturated rings. The quantitative estimate of drug-likeness (QED) is 0.280. The van der Waals surface area contributed by atoms with E-state index >= 15 is 0 Å². The number of fused-ring (bicyclic) bond motifs is 1. The maximum absolute atomic E-state index is 13.2. The third-order valence-electron chi connectivity index (χ3n) is 6.28. The van der Waals surface area contributed by atoms with Crippen LogP contribution in [-0.2, 0) is 22.1 Å². The number of aryl methyl sites for hydroxylation is 1. The summed E-state index contributed by atoms with van der Waals surface area (Å²) in [6, 6.07) is 18.5. The van der Waals surface area contributed by atoms with Crippen LogP contribution in [0.3, 0.4) is 0 Å². The van der Waals surface area contributed by atoms with Crippen LogP contribution in [0, 0.1) is 6.92 Å². The predicted octanol–water partition coefficient (Wildman–Crippen LogP) is 6.00. The molecule has 4 rings (SSSR count). The van der Waals surface area contributed by atoms with Gasteiger partial charge in [0.05, 0.1) is 36.4 Å². The van der Waals surface area contributed by atoms with Crippen LogP contribution < -0.4 is 5.32 Å². The average molecular weight is 537 g/mol. The summed E-state index contributed by atoms with van der Waals surface area (Å²) in [7, 11) is 2.75. The molecule has 0 unspecified atom stereocenters. The van der Waals surface area contributed by atoms with Gasteiger partial charge >= 0.3 is 12.1 Å². The highest BCUT2D eigenvalue weighted by atomic mass is 19.4. The zero-order chi connectivity index (χ0) is 28.2. The molecule has 0 aliphatic carbocycles. The first-order chi connectivity index (χ1) is 18.6. The van der Waals surface area contributed by atoms with E-state index in [2.05, 4.69) is 10.3 Å². The lowest BCUT2D eigenvalue weighted by molar-refractivity contribution is -0.137. The molecule has 1 aromatic heterocycles. The molecule has 0 bridgehead atoms. The van der Waals surface area contributed by atoms with Gasteiger partial charge in [-0.05, 0) is 60.4 Å². The summed E-state index contributed by atoms with van der Waals surface area (Å²) in [5.41, 5.74) is 2.53. The van der Waals surface area contributed by atoms with Gasteiger partial charge in [0, 0.05) is 12.5 Å². The van der Waals surface area contributed by atoms with Crippen LogP contribution in [0.25, 0.3) is 22.0 Å². The molecule has 1 N–H and O–H groups in total. The molecular formula is C30H27F3N2O4. The molecule has 1 amide bonds. The van der Waals surface area contributed by atoms with Gasteiger partial charge in [-0.3, -0.25) is 4.79 Å². The van der Waals surface area contributed by atoms with Crippen molar-refractivity contribution in [1.82, 2.24) is 10.3 Å². The summed E-state index contributed by atoms with van der Waals surface area (Å²) < 4.78 is 49.9. The van der Waals surface area contributed by atoms with E-state index in [-0.39, 0.29) is 23.9 Å². The maximum atomic E-state index is 13.2. The monoisotopic (exact) mass is 536 g/mol. The van der Waals surface area contributed by atoms with Gasteiger partial charge in [0.25, 0.3) is 5.91 Å². The number of hydrogen-bond donors (Lipinski definition) is 1. The number of aromatic nitrogens is 1. The predicted molar refractivity (Wildman–Crippen MR) is 142 cm³/mol. The fraction of sp³-hybridized carbons (Fsp3) is 0.233. The number of amides is 1. The first-order valence-electron chi connectivity index (χ1n) is 12.1. The summed E-state index contributed by atoms with van der Waals surface area (Å²) in [6.45, 7) is 2.25. The van der Waals surface area contributed by atoms with Gasteiger partial charge < -0.3 is 14.8 Å². The topological polar surface area (TPSA) is 77.5 Å². The lowest BCUT2D eigenvalue weighted by Gasteiger charge is -2.18. The third-order valence-corrected chi connectivity index (χ3v) is 6.28. The Labute approximate surface area is 223 Å². The van der Waals surface area contributed by atoms with Crippen molar-refractivity contribution in [2.75, 3.05) is 20.8 Å². The Morgan fingerprint density at radius 1 is 0.949 bits per heavy atom. The van der Waals surface area contributed by atoms with Crippen molar-refractivity contribution < 1.29 is 32.2 Å². The maximum Gasteiger partial charge on any atom is 0.416 e. The largest absolute Gasteiger partial charge is 0.465 e. The number of ether oxygens (including phenoxy) is 2. The normalized spacial score (nSPS) is 12.3. The Morgan fingerprint density at radius 2 is 1.67 bits per heavy atom. The van der Waals surface area contributed by atoms with Crippen LogP contribution in [0.1, 0.15) is 37.5 Å². The molecule has 0 spiro atoms. The van der Waals surface area contributed by atoms with Crippen molar-refractivity contribution in [3.63, 3.8) is 0 Å². The number of hydrogen-bond acceptors (Lipinski definition) is 5. The van der Waals surface area contributed by atoms with Gasteiger partial charge in [0.1, 0.15) is 5.69 Å². The number of alkyl halides is 3. The molecule has 1 atom stereocenters. The van der Waals surface area contributed by atoms with Crippen LogP contribution in [0.5, 0.6) is 0 Å². The lowest BCUT2D eigenvalue weighted by atomic mass is 9.98. The average Bonchev–Trinajstić information content (AvgIpc) is 2.92. The lowest BCUT2D eigenvalue weighted by Crippen LogP contribution is -2.40. The smallest absolute Gasteiger partial charge is 0.416 e. The first kappa shape index (κ1) is 27.8. The zero-order valence-electron chi connectivity index (χ0n) is 21.6. The van der Waals surface area contributed by atoms with Crippen LogP contribution in [0.15, 0.2) is 72.8 Å². The molecule has 0 aliphatic rings. The van der Waals surface area contributed by atoms with Crippen molar-refractivity contribution in [3.8, 4) is 11.1 Å². The third kappa shape index (κ3) is 6.61. The van der Waals surface area contributed by atoms with Crippen LogP contribution >= 0.6 is 0 Å². The van der Waals surface area contributed by atoms with Crippen molar-refractivity contribution in [2.45, 2.75) is 25.6 Å². The molecule has 1 heterocycles. The van der Waals surface area contributed by atoms with Crippen molar-refractivity contribution in [3.05, 3.63) is 101 Å². The fourth-order valence-electron chi connectivity index (χ4n) is 4.30. The number of nitrogens with zero attached hydrogens (tertiary/aromatic N) is 1. The molecule has 202 valence electrons. The van der Waals surface area contributed by atoms with E-state index in [1.807, 2.05) is 31.2 Å². The van der Waals surface area contributed by atoms with Gasteiger partial charge in [-0.2, -0.15) is 13.2 Å². The minimum absolute atomic E-state index is 0.000252. The fourth-order valence-corrected chi connectivity index (χ4v) is 4.30. The van der Waals surface area contributed by atoms with Gasteiger partial charge in [0.2, 0.25) is 0 Å². The second-order valence-corrected chi connectivity index (χ2v) is 9.17. The number of carbonyl (C=O) groups is 2. The first-order valence-corrected chi connectivity index (χ1v) is 12.1. The van der Waals surface area contributed by atoms with E-state index in [0.717, 1.165) is 23.3 Å². The second kappa shape index (κ2) is 11.7. The number of nitrogens with one attached hydrogen (secondary N) is 1. The Bertz CT molecular complexity index is 1500. The van der Waals surface area contributed by atoms with E-state index in [1.54, 1.807) is 31.4 Å². The van der Waals surface area contributed by atoms with Crippen LogP contribution in [0.2, 0.25) is 0 Å². The van der Waals surface area contributed by atoms with Gasteiger partial charge in [-0.1, -0.05) is 48.0 Å². The molecule has 3 aromatic carbocycles. The number of esters is 1. The summed E-state index contributed by atoms with van der Waals surface area (Å²) in [4.78, 5) is 30.3. The number of rotatable bonds is 8. The van der Waals surface area contributed by atoms with Crippen LogP contribution in [0.4, 0.5) is 13.2 Å². The van der Waals surface area contributed by atoms with E-state index in [1.165, 1.54) is 19.2 Å². The van der Waals surface area contributed by atoms with Gasteiger partial charge in [0.15, 0.2) is 0 Å². The standard InChI is InChI=1S/C30H27F3N2O4/c1-18-7-9-19(10-8-18)13-23(17-38-2)34-28(36)27-16-25(29(37)39-3)24-15-21(11-12-26(24)35-27)20-5-4-6-22(14-20)30(31,32)33/h4-12,14-16,23H,13,17H2,1-3H3,(H,34,36)/t23-/m0/s1. The summed E-state index contributed by atoms with van der Waals surface area (Å²) in [5.74, 6) is -1.20. The Balaban J connectivity index is 1.68. The highest BCUT2D eigenvalue weighted by Crippen LogP contribution is 2.33. The molecule has 39 heavy (non-hydrogen) atoms. The number of halogens is 3. The molecule has 0 radical (unpaired) electrons. The number of pyridine rings is 1. The van der Waals surface area contributed by atoms with E-state index in [0.29, 0.717) is 28.5 Å². The van der Waals surface area contributed by atoms with Gasteiger partial charge in [-0.25, -0.2) is 9.78 Å². The highest BCUT2D eigenvalue weighted by Gasteiger charge is 2.30. The SMILES string of the molecule is COC[C@H](Cc1ccc(C)cc1)NC(=O)c1cc(C(=O)OC)c2cc(-c3cccc(C(F)(F)F)c3)ccc2n1. The van der Waals surface area contributed by atoms with E-state index in [4.69, 9.17) is 9.47 Å². The number of methoxy groups -OCH3 is 2. The molecule has 9 heteroatoms. The van der Waals surface area contributed by atoms with Crippen LogP contribution in [-0.4, -0.2) is 43.7 Å². The molecule has 0 saturated heterocycles. The van der Waals surface area contributed by atoms with Crippen molar-refractivity contribution in [1.29, 1.82) is 0 Å². The zero-order valence-corrected chi connectivity index (χ0v) is 21.6. The Kier molecular flexibility index (Phi) is 8.30. The summed E-state index contributed by atoms with van der Waals surface area (Å²) in [5, 5.41) is 3.27. The minimum atomic E-state index is -4.49. The number of carbonyl (C=O) groups excluding carboxylic acids is 2. The van der Waals surface area contributed by atoms with Gasteiger partial charge in [-0.15, -0.1) is 0 Å². The highest BCUT2D eigenvalue weighted by molar-refractivity contribution is 6.07. The molecule has 4 aromatic rings. The van der Waals surface area contributed by atoms with E-state index < -0.39 is 23.6 Å². The van der Waals surface area contributed by atoms with E-state index in [9.17, 15) is 22.8 Å². The molecule has 0 aliphatic heterocycles. The van der Waals surface area contributed by atoms with Crippen molar-refractivity contribution >= 4 is 22.8 Å². The second-order valence-electron chi connectivity index (χ2n) is 9.17. The molecular weight excluding hydrogens is 509 g/mol. The van der Waals surface area contributed by atoms with Crippen molar-refractivity contribution in [2.24, 2.45) is 0 Å². The molecule has 0 saturated carbocycles.